The Kier molecular flexibility index (Phi) is 4.37. The van der Waals surface area contributed by atoms with Crippen molar-refractivity contribution in [3.05, 3.63) is 11.6 Å². The Labute approximate surface area is 164 Å². The maximum Gasteiger partial charge on any atom is 0.302 e. The number of rotatable bonds is 1. The molecule has 4 heteroatoms. The summed E-state index contributed by atoms with van der Waals surface area (Å²) in [5.74, 6) is 2.26. The molecule has 0 aromatic heterocycles. The average molecular weight is 456 g/mol. The van der Waals surface area contributed by atoms with E-state index >= 15 is 0 Å². The first kappa shape index (κ1) is 18.0. The van der Waals surface area contributed by atoms with Gasteiger partial charge in [-0.05, 0) is 74.2 Å². The fraction of sp³-hybridized carbons (Fsp3) is 0.810. The van der Waals surface area contributed by atoms with E-state index in [0.717, 1.165) is 31.6 Å². The largest absolute Gasteiger partial charge is 0.462 e. The Balaban J connectivity index is 1.63. The van der Waals surface area contributed by atoms with Crippen molar-refractivity contribution in [3.63, 3.8) is 0 Å². The van der Waals surface area contributed by atoms with E-state index in [1.807, 2.05) is 6.08 Å². The first-order valence-electron chi connectivity index (χ1n) is 9.82. The Hall–Kier alpha value is -0.390. The van der Waals surface area contributed by atoms with Crippen LogP contribution in [0.25, 0.3) is 0 Å². The molecule has 0 aromatic carbocycles. The molecule has 0 bridgehead atoms. The number of hydrogen-bond acceptors (Lipinski definition) is 3. The summed E-state index contributed by atoms with van der Waals surface area (Å²) in [4.78, 5) is 23.7. The van der Waals surface area contributed by atoms with Gasteiger partial charge in [0.25, 0.3) is 0 Å². The maximum atomic E-state index is 12.2. The molecule has 0 saturated heterocycles. The van der Waals surface area contributed by atoms with Gasteiger partial charge in [0.05, 0.1) is 3.92 Å². The zero-order chi connectivity index (χ0) is 18.0. The van der Waals surface area contributed by atoms with E-state index in [1.165, 1.54) is 24.8 Å². The highest BCUT2D eigenvalue weighted by Crippen LogP contribution is 2.65. The van der Waals surface area contributed by atoms with E-state index in [4.69, 9.17) is 4.74 Å². The van der Waals surface area contributed by atoms with Gasteiger partial charge in [-0.25, -0.2) is 0 Å². The molecule has 0 heterocycles. The molecule has 3 fully saturated rings. The van der Waals surface area contributed by atoms with Crippen molar-refractivity contribution < 1.29 is 14.3 Å². The highest BCUT2D eigenvalue weighted by molar-refractivity contribution is 14.1. The van der Waals surface area contributed by atoms with Gasteiger partial charge in [-0.1, -0.05) is 42.0 Å². The number of alkyl halides is 1. The molecule has 0 N–H and O–H groups in total. The summed E-state index contributed by atoms with van der Waals surface area (Å²) >= 11 is 2.34. The summed E-state index contributed by atoms with van der Waals surface area (Å²) in [7, 11) is 0. The first-order chi connectivity index (χ1) is 11.8. The second kappa shape index (κ2) is 6.07. The van der Waals surface area contributed by atoms with Crippen LogP contribution in [0.5, 0.6) is 0 Å². The number of carbonyl (C=O) groups is 2. The fourth-order valence-corrected chi connectivity index (χ4v) is 8.02. The van der Waals surface area contributed by atoms with E-state index in [0.29, 0.717) is 17.6 Å². The van der Waals surface area contributed by atoms with E-state index in [9.17, 15) is 9.59 Å². The second-order valence-corrected chi connectivity index (χ2v) is 10.8. The minimum absolute atomic E-state index is 0.103. The maximum absolute atomic E-state index is 12.2. The van der Waals surface area contributed by atoms with Crippen molar-refractivity contribution in [1.29, 1.82) is 0 Å². The molecule has 0 amide bonds. The first-order valence-corrected chi connectivity index (χ1v) is 11.1. The Bertz CT molecular complexity index is 641. The lowest BCUT2D eigenvalue weighted by atomic mass is 9.47. The smallest absolute Gasteiger partial charge is 0.302 e. The van der Waals surface area contributed by atoms with Crippen LogP contribution < -0.4 is 0 Å². The highest BCUT2D eigenvalue weighted by Gasteiger charge is 2.60. The van der Waals surface area contributed by atoms with Crippen molar-refractivity contribution in [1.82, 2.24) is 0 Å². The zero-order valence-electron chi connectivity index (χ0n) is 15.5. The van der Waals surface area contributed by atoms with Gasteiger partial charge >= 0.3 is 5.97 Å². The third-order valence-corrected chi connectivity index (χ3v) is 9.24. The van der Waals surface area contributed by atoms with Gasteiger partial charge in [0, 0.05) is 12.3 Å². The molecular formula is C21H29IO3. The number of hydrogen-bond donors (Lipinski definition) is 0. The van der Waals surface area contributed by atoms with Crippen LogP contribution in [0.1, 0.15) is 65.7 Å². The molecule has 7 atom stereocenters. The molecule has 0 radical (unpaired) electrons. The van der Waals surface area contributed by atoms with Gasteiger partial charge in [0.2, 0.25) is 0 Å². The lowest BCUT2D eigenvalue weighted by Crippen LogP contribution is -2.52. The molecule has 25 heavy (non-hydrogen) atoms. The van der Waals surface area contributed by atoms with Crippen LogP contribution in [0.4, 0.5) is 0 Å². The number of ketones is 1. The van der Waals surface area contributed by atoms with Gasteiger partial charge in [0.15, 0.2) is 5.78 Å². The molecule has 0 aliphatic heterocycles. The summed E-state index contributed by atoms with van der Waals surface area (Å²) in [5, 5.41) is 0. The minimum atomic E-state index is -0.131. The summed E-state index contributed by atoms with van der Waals surface area (Å²) < 4.78 is 5.87. The molecule has 4 rings (SSSR count). The second-order valence-electron chi connectivity index (χ2n) is 9.30. The molecule has 0 spiro atoms. The van der Waals surface area contributed by atoms with Gasteiger partial charge in [-0.2, -0.15) is 0 Å². The van der Waals surface area contributed by atoms with Crippen molar-refractivity contribution in [2.45, 2.75) is 75.7 Å². The van der Waals surface area contributed by atoms with Gasteiger partial charge in [-0.3, -0.25) is 9.59 Å². The van der Waals surface area contributed by atoms with Crippen LogP contribution in [0.2, 0.25) is 0 Å². The van der Waals surface area contributed by atoms with Gasteiger partial charge in [0.1, 0.15) is 6.10 Å². The van der Waals surface area contributed by atoms with Crippen molar-refractivity contribution in [2.75, 3.05) is 0 Å². The number of fused-ring (bicyclic) bond motifs is 5. The summed E-state index contributed by atoms with van der Waals surface area (Å²) in [6.07, 6.45) is 9.97. The molecule has 0 aromatic rings. The Morgan fingerprint density at radius 2 is 1.96 bits per heavy atom. The monoisotopic (exact) mass is 456 g/mol. The van der Waals surface area contributed by atoms with Crippen LogP contribution in [0.3, 0.4) is 0 Å². The number of halogens is 1. The van der Waals surface area contributed by atoms with E-state index in [-0.39, 0.29) is 26.8 Å². The predicted octanol–water partition coefficient (Wildman–Crippen LogP) is 4.86. The quantitative estimate of drug-likeness (QED) is 0.322. The Morgan fingerprint density at radius 1 is 1.20 bits per heavy atom. The summed E-state index contributed by atoms with van der Waals surface area (Å²) in [6, 6.07) is 0. The standard InChI is InChI=1S/C21H29IO3/c1-12(23)25-19-7-6-15-14-5-4-13-10-18(24)17(22)11-21(13,3)16(14)8-9-20(15,19)2/h10,14-17,19H,4-9,11H2,1-3H3/t14-,15-,16-,17?,19?,20-,21-/m0/s1. The highest BCUT2D eigenvalue weighted by atomic mass is 127. The normalized spacial score (nSPS) is 48.9. The number of allylic oxidation sites excluding steroid dienone is 1. The molecule has 4 aliphatic carbocycles. The van der Waals surface area contributed by atoms with Gasteiger partial charge in [-0.15, -0.1) is 0 Å². The van der Waals surface area contributed by atoms with E-state index < -0.39 is 0 Å². The average Bonchev–Trinajstić information content (AvgIpc) is 2.85. The van der Waals surface area contributed by atoms with Crippen molar-refractivity contribution in [3.8, 4) is 0 Å². The Morgan fingerprint density at radius 3 is 2.68 bits per heavy atom. The minimum Gasteiger partial charge on any atom is -0.462 e. The molecular weight excluding hydrogens is 427 g/mol. The van der Waals surface area contributed by atoms with E-state index in [2.05, 4.69) is 36.4 Å². The molecule has 138 valence electrons. The number of carbonyl (C=O) groups excluding carboxylic acids is 2. The van der Waals surface area contributed by atoms with Crippen LogP contribution >= 0.6 is 22.6 Å². The van der Waals surface area contributed by atoms with Gasteiger partial charge < -0.3 is 4.74 Å². The number of esters is 1. The lowest BCUT2D eigenvalue weighted by Gasteiger charge is -2.58. The van der Waals surface area contributed by atoms with Crippen molar-refractivity contribution in [2.24, 2.45) is 28.6 Å². The third-order valence-electron chi connectivity index (χ3n) is 8.19. The summed E-state index contributed by atoms with van der Waals surface area (Å²) in [5.41, 5.74) is 1.77. The van der Waals surface area contributed by atoms with Crippen LogP contribution in [0.15, 0.2) is 11.6 Å². The third kappa shape index (κ3) is 2.64. The van der Waals surface area contributed by atoms with E-state index in [1.54, 1.807) is 6.92 Å². The lowest BCUT2D eigenvalue weighted by molar-refractivity contribution is -0.157. The topological polar surface area (TPSA) is 43.4 Å². The predicted molar refractivity (Wildman–Crippen MR) is 105 cm³/mol. The molecule has 2 unspecified atom stereocenters. The van der Waals surface area contributed by atoms with Crippen LogP contribution in [-0.4, -0.2) is 21.8 Å². The molecule has 4 aliphatic rings. The molecule has 3 saturated carbocycles. The number of ether oxygens (including phenoxy) is 1. The van der Waals surface area contributed by atoms with Crippen LogP contribution in [-0.2, 0) is 14.3 Å². The SMILES string of the molecule is CC(=O)OC1CC[C@H]2[C@@H]3CCC4=CC(=O)C(I)C[C@]4(C)[C@H]3CC[C@]12C. The van der Waals surface area contributed by atoms with Crippen molar-refractivity contribution >= 4 is 34.3 Å². The fourth-order valence-electron chi connectivity index (χ4n) is 6.93. The zero-order valence-corrected chi connectivity index (χ0v) is 17.7. The van der Waals surface area contributed by atoms with Crippen LogP contribution in [0, 0.1) is 28.6 Å². The molecule has 3 nitrogen and oxygen atoms in total. The summed E-state index contributed by atoms with van der Waals surface area (Å²) in [6.45, 7) is 6.34.